The summed E-state index contributed by atoms with van der Waals surface area (Å²) in [6.45, 7) is 18.7. The number of nitrogens with zero attached hydrogens (tertiary/aromatic N) is 2. The van der Waals surface area contributed by atoms with Crippen molar-refractivity contribution >= 4 is 74.8 Å². The lowest BCUT2D eigenvalue weighted by Crippen LogP contribution is -2.16. The molecule has 0 saturated carbocycles. The highest BCUT2D eigenvalue weighted by Gasteiger charge is 2.39. The molecular formula is C95H78N2. The summed E-state index contributed by atoms with van der Waals surface area (Å²) in [5.74, 6) is 0.483. The molecule has 0 aromatic heterocycles. The van der Waals surface area contributed by atoms with E-state index in [1.165, 1.54) is 139 Å². The molecule has 97 heavy (non-hydrogen) atoms. The van der Waals surface area contributed by atoms with E-state index < -0.39 is 0 Å². The van der Waals surface area contributed by atoms with Gasteiger partial charge in [0.1, 0.15) is 0 Å². The van der Waals surface area contributed by atoms with Gasteiger partial charge in [-0.05, 0) is 238 Å². The lowest BCUT2D eigenvalue weighted by atomic mass is 9.81. The normalized spacial score (nSPS) is 16.1. The number of hydrogen-bond acceptors (Lipinski definition) is 2. The smallest absolute Gasteiger partial charge is 0.0465 e. The molecule has 0 amide bonds. The highest BCUT2D eigenvalue weighted by atomic mass is 15.1. The third kappa shape index (κ3) is 10.4. The molecule has 12 aromatic carbocycles. The molecular weight excluding hydrogens is 1170 g/mol. The molecule has 0 radical (unpaired) electrons. The van der Waals surface area contributed by atoms with E-state index in [0.29, 0.717) is 5.92 Å². The zero-order valence-corrected chi connectivity index (χ0v) is 56.6. The molecule has 1 atom stereocenters. The maximum Gasteiger partial charge on any atom is 0.0465 e. The first-order valence-corrected chi connectivity index (χ1v) is 34.5. The Balaban J connectivity index is 0.595. The summed E-state index contributed by atoms with van der Waals surface area (Å²) in [7, 11) is 0. The van der Waals surface area contributed by atoms with Crippen molar-refractivity contribution in [2.45, 2.75) is 78.1 Å². The Morgan fingerprint density at radius 3 is 1.18 bits per heavy atom. The van der Waals surface area contributed by atoms with Gasteiger partial charge in [-0.25, -0.2) is 0 Å². The quantitative estimate of drug-likeness (QED) is 0.113. The van der Waals surface area contributed by atoms with Gasteiger partial charge in [0.2, 0.25) is 0 Å². The van der Waals surface area contributed by atoms with Crippen molar-refractivity contribution < 1.29 is 0 Å². The monoisotopic (exact) mass is 1250 g/mol. The van der Waals surface area contributed by atoms with E-state index in [9.17, 15) is 0 Å². The molecule has 17 rings (SSSR count). The van der Waals surface area contributed by atoms with E-state index in [-0.39, 0.29) is 16.2 Å². The third-order valence-corrected chi connectivity index (χ3v) is 21.8. The second-order valence-electron chi connectivity index (χ2n) is 29.1. The third-order valence-electron chi connectivity index (χ3n) is 21.8. The van der Waals surface area contributed by atoms with Gasteiger partial charge in [0, 0.05) is 56.3 Å². The fourth-order valence-electron chi connectivity index (χ4n) is 16.4. The molecule has 12 aromatic rings. The molecule has 0 heterocycles. The second kappa shape index (κ2) is 23.1. The first-order chi connectivity index (χ1) is 47.1. The topological polar surface area (TPSA) is 6.48 Å². The fraction of sp³-hybridized carbons (Fsp3) is 0.137. The summed E-state index contributed by atoms with van der Waals surface area (Å²) < 4.78 is 0. The van der Waals surface area contributed by atoms with Crippen LogP contribution in [0, 0.1) is 19.8 Å². The number of fused-ring (bicyclic) bond motifs is 11. The van der Waals surface area contributed by atoms with Crippen molar-refractivity contribution in [1.29, 1.82) is 0 Å². The zero-order valence-electron chi connectivity index (χ0n) is 56.6. The number of allylic oxidation sites excluding steroid dienone is 8. The van der Waals surface area contributed by atoms with E-state index in [4.69, 9.17) is 0 Å². The molecule has 5 aliphatic carbocycles. The second-order valence-corrected chi connectivity index (χ2v) is 29.1. The average Bonchev–Trinajstić information content (AvgIpc) is 1.61. The van der Waals surface area contributed by atoms with Gasteiger partial charge in [0.15, 0.2) is 0 Å². The summed E-state index contributed by atoms with van der Waals surface area (Å²) in [6.07, 6.45) is 23.9. The molecule has 2 heteroatoms. The van der Waals surface area contributed by atoms with Crippen LogP contribution in [-0.2, 0) is 16.2 Å². The maximum absolute atomic E-state index is 2.44. The summed E-state index contributed by atoms with van der Waals surface area (Å²) in [6, 6.07) is 93.8. The molecule has 0 N–H and O–H groups in total. The lowest BCUT2D eigenvalue weighted by Gasteiger charge is -2.28. The van der Waals surface area contributed by atoms with Crippen LogP contribution < -0.4 is 9.80 Å². The predicted molar refractivity (Wildman–Crippen MR) is 414 cm³/mol. The molecule has 0 fully saturated rings. The standard InChI is InChI=1S/C95H78N2/c1-61-15-13-21-77(51-61)96(75-39-35-69(36-40-75)73-33-31-67-17-9-11-19-71(67)57-73)79-43-49-85-83-47-29-65(55-89(83)94(5,6)91(85)59-79)25-23-63-27-45-81-82-46-28-64(54-88(82)93(3,4)87(81)53-63)24-26-66-30-48-84-86-50-44-80(60-92(86)95(7,8)90(84)56-66)97(78-22-14-16-62(2)52-78)76-41-37-70(38-42-76)74-34-32-68-18-10-12-20-72(68)58-74/h9-31,33-60,68H,32H2,1-8H3/b25-23+,26-24+. The van der Waals surface area contributed by atoms with E-state index in [0.717, 1.165) is 40.5 Å². The van der Waals surface area contributed by atoms with E-state index in [1.807, 2.05) is 0 Å². The number of rotatable bonds is 12. The number of anilines is 6. The van der Waals surface area contributed by atoms with Gasteiger partial charge in [-0.3, -0.25) is 0 Å². The van der Waals surface area contributed by atoms with Crippen LogP contribution in [0.15, 0.2) is 291 Å². The van der Waals surface area contributed by atoms with Crippen molar-refractivity contribution in [3.63, 3.8) is 0 Å². The van der Waals surface area contributed by atoms with Crippen LogP contribution in [0.4, 0.5) is 34.1 Å². The predicted octanol–water partition coefficient (Wildman–Crippen LogP) is 25.8. The molecule has 5 aliphatic rings. The number of benzene rings is 12. The van der Waals surface area contributed by atoms with Crippen LogP contribution in [0.2, 0.25) is 0 Å². The van der Waals surface area contributed by atoms with E-state index in [2.05, 4.69) is 375 Å². The van der Waals surface area contributed by atoms with Gasteiger partial charge < -0.3 is 9.80 Å². The van der Waals surface area contributed by atoms with Crippen molar-refractivity contribution in [1.82, 2.24) is 0 Å². The Hall–Kier alpha value is -11.1. The van der Waals surface area contributed by atoms with Crippen LogP contribution in [0.1, 0.15) is 120 Å². The first-order valence-electron chi connectivity index (χ1n) is 34.5. The summed E-state index contributed by atoms with van der Waals surface area (Å²) >= 11 is 0. The van der Waals surface area contributed by atoms with E-state index >= 15 is 0 Å². The van der Waals surface area contributed by atoms with Crippen molar-refractivity contribution in [2.75, 3.05) is 9.80 Å². The van der Waals surface area contributed by atoms with Crippen LogP contribution in [0.3, 0.4) is 0 Å². The molecule has 0 aliphatic heterocycles. The minimum atomic E-state index is -0.209. The summed E-state index contributed by atoms with van der Waals surface area (Å²) in [5, 5.41) is 2.51. The van der Waals surface area contributed by atoms with Gasteiger partial charge in [-0.1, -0.05) is 272 Å². The Labute approximate surface area is 572 Å². The highest BCUT2D eigenvalue weighted by molar-refractivity contribution is 5.92. The maximum atomic E-state index is 2.44. The van der Waals surface area contributed by atoms with Gasteiger partial charge in [0.25, 0.3) is 0 Å². The lowest BCUT2D eigenvalue weighted by molar-refractivity contribution is 0.660. The highest BCUT2D eigenvalue weighted by Crippen LogP contribution is 2.54. The van der Waals surface area contributed by atoms with Gasteiger partial charge >= 0.3 is 0 Å². The largest absolute Gasteiger partial charge is 0.310 e. The first kappa shape index (κ1) is 59.7. The fourth-order valence-corrected chi connectivity index (χ4v) is 16.4. The molecule has 0 saturated heterocycles. The number of hydrogen-bond donors (Lipinski definition) is 0. The van der Waals surface area contributed by atoms with Crippen molar-refractivity contribution in [3.05, 3.63) is 363 Å². The van der Waals surface area contributed by atoms with Crippen molar-refractivity contribution in [3.8, 4) is 44.5 Å². The van der Waals surface area contributed by atoms with Crippen molar-refractivity contribution in [2.24, 2.45) is 5.92 Å². The molecule has 2 nitrogen and oxygen atoms in total. The zero-order chi connectivity index (χ0) is 65.9. The van der Waals surface area contributed by atoms with Crippen LogP contribution in [0.5, 0.6) is 0 Å². The Morgan fingerprint density at radius 2 is 0.722 bits per heavy atom. The molecule has 0 spiro atoms. The van der Waals surface area contributed by atoms with Crippen LogP contribution in [-0.4, -0.2) is 0 Å². The molecule has 468 valence electrons. The minimum Gasteiger partial charge on any atom is -0.310 e. The average molecular weight is 1250 g/mol. The number of aryl methyl sites for hydroxylation is 2. The molecule has 0 bridgehead atoms. The summed E-state index contributed by atoms with van der Waals surface area (Å²) in [4.78, 5) is 4.84. The van der Waals surface area contributed by atoms with E-state index in [1.54, 1.807) is 0 Å². The minimum absolute atomic E-state index is 0.169. The summed E-state index contributed by atoms with van der Waals surface area (Å²) in [5.41, 5.74) is 36.0. The molecule has 1 unspecified atom stereocenters. The van der Waals surface area contributed by atoms with Crippen LogP contribution >= 0.6 is 0 Å². The SMILES string of the molecule is Cc1cccc(N(c2ccc(C3=CCC4C=CC=CC4=C3)cc2)c2ccc3c(c2)C(C)(C)c2cc(/C=C/c4ccc5c(c4)C(C)(C)c4cc(/C=C/c6ccc7c(c6)C(C)(C)c6cc(N(c8ccc(-c9ccc%10ccccc%10c9)cc8)c8cccc(C)c8)ccc6-7)ccc4-5)ccc2-3)c1. The Bertz CT molecular complexity index is 5420. The van der Waals surface area contributed by atoms with Gasteiger partial charge in [0.05, 0.1) is 0 Å². The Kier molecular flexibility index (Phi) is 14.2. The van der Waals surface area contributed by atoms with Gasteiger partial charge in [-0.15, -0.1) is 0 Å². The van der Waals surface area contributed by atoms with Crippen LogP contribution in [0.25, 0.3) is 85.2 Å². The van der Waals surface area contributed by atoms with Gasteiger partial charge in [-0.2, -0.15) is 0 Å². The Morgan fingerprint density at radius 1 is 0.330 bits per heavy atom.